The van der Waals surface area contributed by atoms with E-state index in [0.29, 0.717) is 24.8 Å². The van der Waals surface area contributed by atoms with Crippen LogP contribution < -0.4 is 10.1 Å². The molecule has 1 aromatic heterocycles. The van der Waals surface area contributed by atoms with Crippen molar-refractivity contribution in [1.82, 2.24) is 10.5 Å². The van der Waals surface area contributed by atoms with E-state index in [4.69, 9.17) is 9.26 Å². The predicted molar refractivity (Wildman–Crippen MR) is 86.6 cm³/mol. The van der Waals surface area contributed by atoms with Crippen LogP contribution >= 0.6 is 0 Å². The molecule has 1 atom stereocenters. The fourth-order valence-corrected chi connectivity index (χ4v) is 2.85. The summed E-state index contributed by atoms with van der Waals surface area (Å²) >= 11 is 0. The minimum absolute atomic E-state index is 0.172. The van der Waals surface area contributed by atoms with Crippen LogP contribution in [0.1, 0.15) is 41.6 Å². The number of carbonyl (C=O) groups is 1. The Hall–Kier alpha value is -2.30. The molecule has 1 aliphatic heterocycles. The molecule has 0 aliphatic carbocycles. The van der Waals surface area contributed by atoms with Gasteiger partial charge >= 0.3 is 0 Å². The van der Waals surface area contributed by atoms with Crippen LogP contribution in [-0.4, -0.2) is 24.2 Å². The number of fused-ring (bicyclic) bond motifs is 1. The normalized spacial score (nSPS) is 17.0. The van der Waals surface area contributed by atoms with Crippen molar-refractivity contribution in [3.8, 4) is 5.75 Å². The number of carbonyl (C=O) groups excluding carboxylic acids is 1. The molecule has 2 heterocycles. The van der Waals surface area contributed by atoms with Crippen molar-refractivity contribution < 1.29 is 14.1 Å². The highest BCUT2D eigenvalue weighted by molar-refractivity contribution is 5.92. The van der Waals surface area contributed by atoms with Crippen molar-refractivity contribution in [3.05, 3.63) is 47.3 Å². The molecule has 3 rings (SSSR count). The average molecular weight is 314 g/mol. The Morgan fingerprint density at radius 1 is 1.39 bits per heavy atom. The van der Waals surface area contributed by atoms with Crippen LogP contribution in [0.15, 0.2) is 34.9 Å². The van der Waals surface area contributed by atoms with E-state index in [1.165, 1.54) is 5.56 Å². The second kappa shape index (κ2) is 7.31. The van der Waals surface area contributed by atoms with Crippen molar-refractivity contribution >= 4 is 5.91 Å². The van der Waals surface area contributed by atoms with Gasteiger partial charge in [-0.05, 0) is 36.8 Å². The second-order valence-corrected chi connectivity index (χ2v) is 5.95. The topological polar surface area (TPSA) is 64.4 Å². The molecular weight excluding hydrogens is 292 g/mol. The fourth-order valence-electron chi connectivity index (χ4n) is 2.85. The van der Waals surface area contributed by atoms with Crippen LogP contribution in [0.2, 0.25) is 0 Å². The summed E-state index contributed by atoms with van der Waals surface area (Å²) in [4.78, 5) is 12.2. The number of para-hydroxylation sites is 1. The lowest BCUT2D eigenvalue weighted by atomic mass is 9.97. The molecule has 1 unspecified atom stereocenters. The van der Waals surface area contributed by atoms with E-state index in [0.717, 1.165) is 37.2 Å². The quantitative estimate of drug-likeness (QED) is 0.921. The molecule has 1 amide bonds. The summed E-state index contributed by atoms with van der Waals surface area (Å²) in [6, 6.07) is 9.82. The van der Waals surface area contributed by atoms with Gasteiger partial charge in [0.05, 0.1) is 6.61 Å². The molecule has 23 heavy (non-hydrogen) atoms. The molecule has 0 spiro atoms. The smallest absolute Gasteiger partial charge is 0.273 e. The third-order valence-corrected chi connectivity index (χ3v) is 4.10. The van der Waals surface area contributed by atoms with Gasteiger partial charge in [-0.2, -0.15) is 0 Å². The zero-order chi connectivity index (χ0) is 16.1. The van der Waals surface area contributed by atoms with Crippen LogP contribution in [0, 0.1) is 5.92 Å². The van der Waals surface area contributed by atoms with E-state index in [-0.39, 0.29) is 5.91 Å². The maximum absolute atomic E-state index is 12.2. The van der Waals surface area contributed by atoms with Crippen molar-refractivity contribution in [2.75, 3.05) is 13.2 Å². The molecule has 0 saturated heterocycles. The first-order valence-corrected chi connectivity index (χ1v) is 8.20. The van der Waals surface area contributed by atoms with Crippen LogP contribution in [0.5, 0.6) is 5.75 Å². The molecular formula is C18H22N2O3. The minimum Gasteiger partial charge on any atom is -0.493 e. The van der Waals surface area contributed by atoms with Crippen molar-refractivity contribution in [2.24, 2.45) is 5.92 Å². The summed E-state index contributed by atoms with van der Waals surface area (Å²) in [5, 5.41) is 6.81. The maximum Gasteiger partial charge on any atom is 0.273 e. The number of ether oxygens (including phenoxy) is 1. The van der Waals surface area contributed by atoms with Gasteiger partial charge in [0.2, 0.25) is 0 Å². The number of benzene rings is 1. The second-order valence-electron chi connectivity index (χ2n) is 5.95. The van der Waals surface area contributed by atoms with E-state index in [1.807, 2.05) is 18.2 Å². The highest BCUT2D eigenvalue weighted by atomic mass is 16.5. The Labute approximate surface area is 136 Å². The molecule has 122 valence electrons. The Morgan fingerprint density at radius 2 is 2.26 bits per heavy atom. The summed E-state index contributed by atoms with van der Waals surface area (Å²) < 4.78 is 10.9. The van der Waals surface area contributed by atoms with E-state index in [9.17, 15) is 4.79 Å². The number of rotatable bonds is 5. The number of hydrogen-bond acceptors (Lipinski definition) is 4. The minimum atomic E-state index is -0.172. The molecule has 1 N–H and O–H groups in total. The summed E-state index contributed by atoms with van der Waals surface area (Å²) in [6.07, 6.45) is 3.61. The van der Waals surface area contributed by atoms with Gasteiger partial charge in [-0.1, -0.05) is 30.3 Å². The lowest BCUT2D eigenvalue weighted by molar-refractivity contribution is 0.0936. The summed E-state index contributed by atoms with van der Waals surface area (Å²) in [7, 11) is 0. The van der Waals surface area contributed by atoms with Crippen molar-refractivity contribution in [2.45, 2.75) is 32.6 Å². The number of amides is 1. The van der Waals surface area contributed by atoms with Crippen molar-refractivity contribution in [3.63, 3.8) is 0 Å². The Bertz CT molecular complexity index is 666. The lowest BCUT2D eigenvalue weighted by Gasteiger charge is -2.13. The van der Waals surface area contributed by atoms with Crippen LogP contribution in [0.4, 0.5) is 0 Å². The van der Waals surface area contributed by atoms with Gasteiger partial charge in [0.1, 0.15) is 11.5 Å². The van der Waals surface area contributed by atoms with E-state index >= 15 is 0 Å². The highest BCUT2D eigenvalue weighted by Gasteiger charge is 2.19. The van der Waals surface area contributed by atoms with Gasteiger partial charge in [-0.15, -0.1) is 0 Å². The number of aromatic nitrogens is 1. The Morgan fingerprint density at radius 3 is 3.13 bits per heavy atom. The largest absolute Gasteiger partial charge is 0.493 e. The Kier molecular flexibility index (Phi) is 4.95. The third-order valence-electron chi connectivity index (χ3n) is 4.10. The first kappa shape index (κ1) is 15.6. The number of nitrogens with zero attached hydrogens (tertiary/aromatic N) is 1. The predicted octanol–water partition coefficient (Wildman–Crippen LogP) is 3.00. The van der Waals surface area contributed by atoms with Gasteiger partial charge < -0.3 is 14.6 Å². The molecule has 0 fully saturated rings. The highest BCUT2D eigenvalue weighted by Crippen LogP contribution is 2.26. The SMILES string of the molecule is CCCc1cc(C(=O)NCC2CCOc3ccccc3C2)no1. The molecule has 5 nitrogen and oxygen atoms in total. The molecule has 1 aromatic carbocycles. The molecule has 1 aliphatic rings. The summed E-state index contributed by atoms with van der Waals surface area (Å²) in [5.41, 5.74) is 1.56. The molecule has 0 bridgehead atoms. The third kappa shape index (κ3) is 3.92. The zero-order valence-corrected chi connectivity index (χ0v) is 13.4. The summed E-state index contributed by atoms with van der Waals surface area (Å²) in [5.74, 6) is 1.91. The van der Waals surface area contributed by atoms with E-state index < -0.39 is 0 Å². The van der Waals surface area contributed by atoms with Gasteiger partial charge in [0.15, 0.2) is 5.69 Å². The number of hydrogen-bond donors (Lipinski definition) is 1. The lowest BCUT2D eigenvalue weighted by Crippen LogP contribution is -2.30. The van der Waals surface area contributed by atoms with Crippen LogP contribution in [-0.2, 0) is 12.8 Å². The van der Waals surface area contributed by atoms with Gasteiger partial charge in [-0.25, -0.2) is 0 Å². The van der Waals surface area contributed by atoms with Gasteiger partial charge in [0.25, 0.3) is 5.91 Å². The van der Waals surface area contributed by atoms with E-state index in [1.54, 1.807) is 6.07 Å². The number of nitrogens with one attached hydrogen (secondary N) is 1. The molecule has 5 heteroatoms. The van der Waals surface area contributed by atoms with Crippen LogP contribution in [0.3, 0.4) is 0 Å². The molecule has 0 radical (unpaired) electrons. The molecule has 2 aromatic rings. The number of aryl methyl sites for hydroxylation is 1. The fraction of sp³-hybridized carbons (Fsp3) is 0.444. The van der Waals surface area contributed by atoms with Crippen LogP contribution in [0.25, 0.3) is 0 Å². The summed E-state index contributed by atoms with van der Waals surface area (Å²) in [6.45, 7) is 3.36. The van der Waals surface area contributed by atoms with Gasteiger partial charge in [0, 0.05) is 19.0 Å². The first-order chi connectivity index (χ1) is 11.3. The average Bonchev–Trinajstić information content (AvgIpc) is 2.92. The Balaban J connectivity index is 1.56. The standard InChI is InChI=1S/C18H22N2O3/c1-2-5-15-11-16(20-23-15)18(21)19-12-13-8-9-22-17-7-4-3-6-14(17)10-13/h3-4,6-7,11,13H,2,5,8-10,12H2,1H3,(H,19,21). The van der Waals surface area contributed by atoms with E-state index in [2.05, 4.69) is 23.5 Å². The first-order valence-electron chi connectivity index (χ1n) is 8.20. The zero-order valence-electron chi connectivity index (χ0n) is 13.4. The monoisotopic (exact) mass is 314 g/mol. The molecule has 0 saturated carbocycles. The maximum atomic E-state index is 12.2. The van der Waals surface area contributed by atoms with Gasteiger partial charge in [-0.3, -0.25) is 4.79 Å². The van der Waals surface area contributed by atoms with Crippen molar-refractivity contribution in [1.29, 1.82) is 0 Å².